The van der Waals surface area contributed by atoms with E-state index in [0.29, 0.717) is 22.4 Å². The molecule has 0 amide bonds. The lowest BCUT2D eigenvalue weighted by atomic mass is 9.97. The number of hydrogen-bond acceptors (Lipinski definition) is 7. The Morgan fingerprint density at radius 3 is 2.40 bits per heavy atom. The monoisotopic (exact) mass is 418 g/mol. The van der Waals surface area contributed by atoms with Crippen molar-refractivity contribution < 1.29 is 10.0 Å². The van der Waals surface area contributed by atoms with E-state index in [4.69, 9.17) is 11.5 Å². The molecule has 0 aliphatic heterocycles. The summed E-state index contributed by atoms with van der Waals surface area (Å²) in [6.45, 7) is 0. The summed E-state index contributed by atoms with van der Waals surface area (Å²) in [4.78, 5) is 11.2. The van der Waals surface area contributed by atoms with E-state index >= 15 is 0 Å². The Hall–Kier alpha value is -3.80. The van der Waals surface area contributed by atoms with Crippen LogP contribution in [0.3, 0.4) is 0 Å². The molecular weight excluding hydrogens is 400 g/mol. The fourth-order valence-electron chi connectivity index (χ4n) is 2.87. The van der Waals surface area contributed by atoms with Gasteiger partial charge in [0.1, 0.15) is 12.2 Å². The summed E-state index contributed by atoms with van der Waals surface area (Å²) in [5.74, 6) is 0. The van der Waals surface area contributed by atoms with Crippen LogP contribution in [-0.2, 0) is 0 Å². The molecular formula is C22H18N4O3S. The topological polar surface area (TPSA) is 139 Å². The lowest BCUT2D eigenvalue weighted by Crippen LogP contribution is -2.03. The molecule has 0 aliphatic rings. The van der Waals surface area contributed by atoms with E-state index < -0.39 is 11.0 Å². The predicted octanol–water partition coefficient (Wildman–Crippen LogP) is 4.20. The van der Waals surface area contributed by atoms with Crippen LogP contribution in [0.15, 0.2) is 82.7 Å². The van der Waals surface area contributed by atoms with E-state index in [1.54, 1.807) is 36.4 Å². The predicted molar refractivity (Wildman–Crippen MR) is 117 cm³/mol. The highest BCUT2D eigenvalue weighted by molar-refractivity contribution is 8.03. The van der Waals surface area contributed by atoms with Gasteiger partial charge in [-0.3, -0.25) is 10.1 Å². The van der Waals surface area contributed by atoms with Crippen LogP contribution >= 0.6 is 11.8 Å². The number of nitro benzene ring substituents is 1. The number of rotatable bonds is 6. The molecule has 7 nitrogen and oxygen atoms in total. The quantitative estimate of drug-likeness (QED) is 0.179. The number of nitriles is 1. The Balaban J connectivity index is 1.95. The average molecular weight is 418 g/mol. The zero-order valence-electron chi connectivity index (χ0n) is 15.7. The molecule has 30 heavy (non-hydrogen) atoms. The zero-order chi connectivity index (χ0) is 21.7. The van der Waals surface area contributed by atoms with E-state index in [9.17, 15) is 20.5 Å². The zero-order valence-corrected chi connectivity index (χ0v) is 16.5. The number of thioether (sulfide) groups is 1. The number of nitrogens with two attached hydrogens (primary N) is 2. The Bertz CT molecular complexity index is 1170. The lowest BCUT2D eigenvalue weighted by Gasteiger charge is -2.13. The molecule has 3 rings (SSSR count). The number of non-ortho nitro benzene ring substituents is 1. The van der Waals surface area contributed by atoms with Gasteiger partial charge in [0.15, 0.2) is 0 Å². The van der Waals surface area contributed by atoms with Crippen LogP contribution in [0.2, 0.25) is 0 Å². The second-order valence-corrected chi connectivity index (χ2v) is 7.45. The van der Waals surface area contributed by atoms with Crippen molar-refractivity contribution in [3.05, 3.63) is 105 Å². The molecule has 0 heterocycles. The van der Waals surface area contributed by atoms with E-state index in [-0.39, 0.29) is 16.3 Å². The van der Waals surface area contributed by atoms with Gasteiger partial charge in [-0.1, -0.05) is 54.2 Å². The third-order valence-corrected chi connectivity index (χ3v) is 5.40. The van der Waals surface area contributed by atoms with Crippen LogP contribution in [0.25, 0.3) is 5.57 Å². The molecule has 3 aromatic carbocycles. The molecule has 1 unspecified atom stereocenters. The summed E-state index contributed by atoms with van der Waals surface area (Å²) < 4.78 is 0. The average Bonchev–Trinajstić information content (AvgIpc) is 2.75. The molecule has 1 atom stereocenters. The number of nitro groups is 1. The number of nitrogen functional groups attached to an aromatic ring is 1. The van der Waals surface area contributed by atoms with E-state index in [1.807, 2.05) is 18.2 Å². The standard InChI is InChI=1S/C22H18N4O3S/c23-13-18(22(25)30-20-10-2-1-9-19(20)24)14-5-3-6-15(11-14)21(27)16-7-4-8-17(12-16)26(28)29/h1-12,21,27H,24-25H2/b22-18-. The number of anilines is 1. The van der Waals surface area contributed by atoms with Gasteiger partial charge in [0.2, 0.25) is 0 Å². The lowest BCUT2D eigenvalue weighted by molar-refractivity contribution is -0.385. The number of allylic oxidation sites excluding steroid dienone is 1. The van der Waals surface area contributed by atoms with E-state index in [1.165, 1.54) is 30.0 Å². The van der Waals surface area contributed by atoms with Gasteiger partial charge in [0, 0.05) is 22.7 Å². The molecule has 5 N–H and O–H groups in total. The molecule has 150 valence electrons. The Kier molecular flexibility index (Phi) is 6.37. The molecule has 0 aromatic heterocycles. The van der Waals surface area contributed by atoms with Gasteiger partial charge < -0.3 is 16.6 Å². The van der Waals surface area contributed by atoms with Crippen LogP contribution in [0.1, 0.15) is 22.8 Å². The number of hydrogen-bond donors (Lipinski definition) is 3. The summed E-state index contributed by atoms with van der Waals surface area (Å²) >= 11 is 1.19. The largest absolute Gasteiger partial charge is 0.398 e. The number of aliphatic hydroxyl groups excluding tert-OH is 1. The van der Waals surface area contributed by atoms with Gasteiger partial charge in [-0.05, 0) is 34.9 Å². The highest BCUT2D eigenvalue weighted by Crippen LogP contribution is 2.34. The molecule has 3 aromatic rings. The number of benzene rings is 3. The molecule has 0 radical (unpaired) electrons. The third kappa shape index (κ3) is 4.60. The van der Waals surface area contributed by atoms with Crippen molar-refractivity contribution in [3.8, 4) is 6.07 Å². The maximum absolute atomic E-state index is 11.0. The molecule has 0 bridgehead atoms. The van der Waals surface area contributed by atoms with Crippen molar-refractivity contribution in [3.63, 3.8) is 0 Å². The molecule has 0 saturated carbocycles. The first-order valence-corrected chi connectivity index (χ1v) is 9.67. The molecule has 0 spiro atoms. The molecule has 0 aliphatic carbocycles. The maximum Gasteiger partial charge on any atom is 0.269 e. The first-order chi connectivity index (χ1) is 14.4. The molecule has 0 saturated heterocycles. The molecule has 8 heteroatoms. The number of para-hydroxylation sites is 1. The second kappa shape index (κ2) is 9.13. The fraction of sp³-hybridized carbons (Fsp3) is 0.0455. The second-order valence-electron chi connectivity index (χ2n) is 6.37. The number of nitrogens with zero attached hydrogens (tertiary/aromatic N) is 2. The van der Waals surface area contributed by atoms with Crippen LogP contribution in [-0.4, -0.2) is 10.0 Å². The smallest absolute Gasteiger partial charge is 0.269 e. The highest BCUT2D eigenvalue weighted by Gasteiger charge is 2.16. The Morgan fingerprint density at radius 1 is 1.07 bits per heavy atom. The van der Waals surface area contributed by atoms with Gasteiger partial charge in [0.25, 0.3) is 5.69 Å². The van der Waals surface area contributed by atoms with Crippen molar-refractivity contribution in [1.82, 2.24) is 0 Å². The Labute approximate surface area is 177 Å². The summed E-state index contributed by atoms with van der Waals surface area (Å²) in [5.41, 5.74) is 14.2. The van der Waals surface area contributed by atoms with E-state index in [2.05, 4.69) is 6.07 Å². The highest BCUT2D eigenvalue weighted by atomic mass is 32.2. The van der Waals surface area contributed by atoms with Crippen LogP contribution in [0.5, 0.6) is 0 Å². The van der Waals surface area contributed by atoms with Crippen molar-refractivity contribution in [1.29, 1.82) is 5.26 Å². The summed E-state index contributed by atoms with van der Waals surface area (Å²) in [6.07, 6.45) is -1.09. The molecule has 0 fully saturated rings. The minimum Gasteiger partial charge on any atom is -0.398 e. The maximum atomic E-state index is 11.0. The normalized spacial score (nSPS) is 12.5. The Morgan fingerprint density at radius 2 is 1.73 bits per heavy atom. The van der Waals surface area contributed by atoms with Crippen LogP contribution < -0.4 is 11.5 Å². The van der Waals surface area contributed by atoms with Gasteiger partial charge in [-0.15, -0.1) is 0 Å². The minimum atomic E-state index is -1.09. The van der Waals surface area contributed by atoms with Gasteiger partial charge in [-0.2, -0.15) is 5.26 Å². The van der Waals surface area contributed by atoms with Crippen molar-refractivity contribution in [2.75, 3.05) is 5.73 Å². The van der Waals surface area contributed by atoms with Crippen molar-refractivity contribution >= 4 is 28.7 Å². The van der Waals surface area contributed by atoms with Gasteiger partial charge >= 0.3 is 0 Å². The SMILES string of the molecule is N#C/C(=C(\N)Sc1ccccc1N)c1cccc(C(O)c2cccc([N+](=O)[O-])c2)c1. The van der Waals surface area contributed by atoms with Crippen molar-refractivity contribution in [2.45, 2.75) is 11.0 Å². The fourth-order valence-corrected chi connectivity index (χ4v) is 3.71. The first kappa shape index (κ1) is 20.9. The number of aliphatic hydroxyl groups is 1. The van der Waals surface area contributed by atoms with Crippen molar-refractivity contribution in [2.24, 2.45) is 5.73 Å². The van der Waals surface area contributed by atoms with Crippen LogP contribution in [0.4, 0.5) is 11.4 Å². The van der Waals surface area contributed by atoms with Gasteiger partial charge in [0.05, 0.1) is 15.5 Å². The van der Waals surface area contributed by atoms with Gasteiger partial charge in [-0.25, -0.2) is 0 Å². The van der Waals surface area contributed by atoms with E-state index in [0.717, 1.165) is 4.90 Å². The van der Waals surface area contributed by atoms with Crippen LogP contribution in [0, 0.1) is 21.4 Å². The summed E-state index contributed by atoms with van der Waals surface area (Å²) in [6, 6.07) is 21.8. The third-order valence-electron chi connectivity index (χ3n) is 4.38. The first-order valence-electron chi connectivity index (χ1n) is 8.85. The summed E-state index contributed by atoms with van der Waals surface area (Å²) in [5, 5.41) is 31.7. The summed E-state index contributed by atoms with van der Waals surface area (Å²) in [7, 11) is 0. The minimum absolute atomic E-state index is 0.110.